The summed E-state index contributed by atoms with van der Waals surface area (Å²) in [7, 11) is 3.46. The van der Waals surface area contributed by atoms with Gasteiger partial charge in [0.1, 0.15) is 5.82 Å². The average molecular weight is 303 g/mol. The first kappa shape index (κ1) is 14.1. The van der Waals surface area contributed by atoms with Crippen LogP contribution in [0.2, 0.25) is 0 Å². The van der Waals surface area contributed by atoms with Gasteiger partial charge in [0, 0.05) is 38.1 Å². The van der Waals surface area contributed by atoms with Crippen molar-refractivity contribution in [2.45, 2.75) is 13.0 Å². The largest absolute Gasteiger partial charge is 0.349 e. The fraction of sp³-hybridized carbons (Fsp3) is 0.417. The van der Waals surface area contributed by atoms with Gasteiger partial charge in [0.15, 0.2) is 0 Å². The van der Waals surface area contributed by atoms with Gasteiger partial charge in [0.25, 0.3) is 0 Å². The number of hydrogen-bond donors (Lipinski definition) is 1. The van der Waals surface area contributed by atoms with Crippen molar-refractivity contribution in [1.29, 1.82) is 0 Å². The van der Waals surface area contributed by atoms with E-state index in [-0.39, 0.29) is 11.7 Å². The normalized spacial score (nSPS) is 10.4. The van der Waals surface area contributed by atoms with E-state index in [9.17, 15) is 9.18 Å². The van der Waals surface area contributed by atoms with Crippen molar-refractivity contribution >= 4 is 21.8 Å². The van der Waals surface area contributed by atoms with Crippen molar-refractivity contribution in [2.75, 3.05) is 20.6 Å². The number of halogens is 2. The summed E-state index contributed by atoms with van der Waals surface area (Å²) in [6.45, 7) is 1.12. The van der Waals surface area contributed by atoms with Crippen LogP contribution >= 0.6 is 15.9 Å². The van der Waals surface area contributed by atoms with Crippen LogP contribution in [0.4, 0.5) is 4.39 Å². The Bertz CT molecular complexity index is 396. The second kappa shape index (κ2) is 6.71. The van der Waals surface area contributed by atoms with Crippen molar-refractivity contribution in [3.8, 4) is 0 Å². The van der Waals surface area contributed by atoms with E-state index in [1.165, 1.54) is 12.1 Å². The first-order valence-electron chi connectivity index (χ1n) is 5.35. The lowest BCUT2D eigenvalue weighted by Gasteiger charge is -2.11. The van der Waals surface area contributed by atoms with Crippen LogP contribution in [0.5, 0.6) is 0 Å². The standard InChI is InChI=1S/C12H16BrFN2O/c1-16(2)12(17)5-6-15-8-9-7-10(14)3-4-11(9)13/h3-4,7,15H,5-6,8H2,1-2H3. The maximum atomic E-state index is 13.0. The highest BCUT2D eigenvalue weighted by molar-refractivity contribution is 9.10. The molecule has 94 valence electrons. The predicted molar refractivity (Wildman–Crippen MR) is 69.1 cm³/mol. The first-order chi connectivity index (χ1) is 8.00. The summed E-state index contributed by atoms with van der Waals surface area (Å²) in [4.78, 5) is 12.8. The number of nitrogens with zero attached hydrogens (tertiary/aromatic N) is 1. The second-order valence-corrected chi connectivity index (χ2v) is 4.81. The van der Waals surface area contributed by atoms with Gasteiger partial charge in [0.2, 0.25) is 5.91 Å². The topological polar surface area (TPSA) is 32.3 Å². The van der Waals surface area contributed by atoms with Gasteiger partial charge in [-0.1, -0.05) is 15.9 Å². The Morgan fingerprint density at radius 1 is 1.47 bits per heavy atom. The van der Waals surface area contributed by atoms with Crippen LogP contribution in [-0.4, -0.2) is 31.4 Å². The molecule has 0 spiro atoms. The summed E-state index contributed by atoms with van der Waals surface area (Å²) in [6.07, 6.45) is 0.444. The Kier molecular flexibility index (Phi) is 5.58. The fourth-order valence-corrected chi connectivity index (χ4v) is 1.71. The summed E-state index contributed by atoms with van der Waals surface area (Å²) < 4.78 is 13.8. The van der Waals surface area contributed by atoms with Crippen LogP contribution in [-0.2, 0) is 11.3 Å². The molecule has 1 N–H and O–H groups in total. The molecule has 0 aliphatic rings. The van der Waals surface area contributed by atoms with Gasteiger partial charge in [-0.05, 0) is 23.8 Å². The number of amides is 1. The number of carbonyl (C=O) groups is 1. The number of nitrogens with one attached hydrogen (secondary N) is 1. The highest BCUT2D eigenvalue weighted by Crippen LogP contribution is 2.17. The van der Waals surface area contributed by atoms with Crippen molar-refractivity contribution in [3.05, 3.63) is 34.1 Å². The molecule has 0 saturated heterocycles. The molecule has 1 amide bonds. The van der Waals surface area contributed by atoms with E-state index in [4.69, 9.17) is 0 Å². The third kappa shape index (κ3) is 4.83. The van der Waals surface area contributed by atoms with Crippen molar-refractivity contribution in [3.63, 3.8) is 0 Å². The minimum Gasteiger partial charge on any atom is -0.349 e. The van der Waals surface area contributed by atoms with Gasteiger partial charge in [0.05, 0.1) is 0 Å². The molecule has 17 heavy (non-hydrogen) atoms. The third-order valence-electron chi connectivity index (χ3n) is 2.34. The Morgan fingerprint density at radius 3 is 2.82 bits per heavy atom. The SMILES string of the molecule is CN(C)C(=O)CCNCc1cc(F)ccc1Br. The lowest BCUT2D eigenvalue weighted by Crippen LogP contribution is -2.26. The molecule has 1 aromatic rings. The van der Waals surface area contributed by atoms with Gasteiger partial charge >= 0.3 is 0 Å². The van der Waals surface area contributed by atoms with E-state index in [1.54, 1.807) is 25.1 Å². The molecule has 3 nitrogen and oxygen atoms in total. The predicted octanol–water partition coefficient (Wildman–Crippen LogP) is 2.16. The van der Waals surface area contributed by atoms with E-state index in [0.717, 1.165) is 10.0 Å². The van der Waals surface area contributed by atoms with Crippen molar-refractivity contribution < 1.29 is 9.18 Å². The van der Waals surface area contributed by atoms with Gasteiger partial charge in [-0.25, -0.2) is 4.39 Å². The zero-order chi connectivity index (χ0) is 12.8. The number of carbonyl (C=O) groups excluding carboxylic acids is 1. The molecule has 0 saturated carbocycles. The van der Waals surface area contributed by atoms with E-state index in [2.05, 4.69) is 21.2 Å². The summed E-state index contributed by atoms with van der Waals surface area (Å²) >= 11 is 3.35. The van der Waals surface area contributed by atoms with E-state index in [1.807, 2.05) is 0 Å². The molecule has 0 aliphatic carbocycles. The quantitative estimate of drug-likeness (QED) is 0.846. The van der Waals surface area contributed by atoms with Crippen LogP contribution in [0.1, 0.15) is 12.0 Å². The van der Waals surface area contributed by atoms with Crippen LogP contribution < -0.4 is 5.32 Å². The fourth-order valence-electron chi connectivity index (χ4n) is 1.32. The summed E-state index contributed by atoms with van der Waals surface area (Å²) in [5, 5.41) is 3.11. The summed E-state index contributed by atoms with van der Waals surface area (Å²) in [6, 6.07) is 4.56. The Labute approximate surface area is 109 Å². The molecule has 0 bridgehead atoms. The van der Waals surface area contributed by atoms with Gasteiger partial charge in [-0.2, -0.15) is 0 Å². The molecule has 0 aliphatic heterocycles. The molecule has 1 aromatic carbocycles. The highest BCUT2D eigenvalue weighted by Gasteiger charge is 2.04. The van der Waals surface area contributed by atoms with Crippen LogP contribution in [0.25, 0.3) is 0 Å². The Morgan fingerprint density at radius 2 is 2.18 bits per heavy atom. The van der Waals surface area contributed by atoms with Crippen LogP contribution in [0.3, 0.4) is 0 Å². The van der Waals surface area contributed by atoms with Gasteiger partial charge in [-0.15, -0.1) is 0 Å². The molecule has 0 fully saturated rings. The lowest BCUT2D eigenvalue weighted by molar-refractivity contribution is -0.128. The van der Waals surface area contributed by atoms with Crippen LogP contribution in [0.15, 0.2) is 22.7 Å². The minimum absolute atomic E-state index is 0.0795. The van der Waals surface area contributed by atoms with Gasteiger partial charge in [-0.3, -0.25) is 4.79 Å². The number of rotatable bonds is 5. The summed E-state index contributed by atoms with van der Waals surface area (Å²) in [5.74, 6) is -0.176. The number of hydrogen-bond acceptors (Lipinski definition) is 2. The zero-order valence-electron chi connectivity index (χ0n) is 9.96. The third-order valence-corrected chi connectivity index (χ3v) is 3.11. The van der Waals surface area contributed by atoms with E-state index < -0.39 is 0 Å². The molecule has 5 heteroatoms. The number of benzene rings is 1. The molecule has 0 heterocycles. The van der Waals surface area contributed by atoms with Crippen LogP contribution in [0, 0.1) is 5.82 Å². The maximum Gasteiger partial charge on any atom is 0.223 e. The average Bonchev–Trinajstić information content (AvgIpc) is 2.28. The highest BCUT2D eigenvalue weighted by atomic mass is 79.9. The molecule has 0 atom stereocenters. The summed E-state index contributed by atoms with van der Waals surface area (Å²) in [5.41, 5.74) is 0.849. The monoisotopic (exact) mass is 302 g/mol. The molecule has 1 rings (SSSR count). The molecular formula is C12H16BrFN2O. The Hall–Kier alpha value is -0.940. The molecule has 0 unspecified atom stereocenters. The van der Waals surface area contributed by atoms with Crippen molar-refractivity contribution in [2.24, 2.45) is 0 Å². The van der Waals surface area contributed by atoms with Gasteiger partial charge < -0.3 is 10.2 Å². The molecule has 0 aromatic heterocycles. The van der Waals surface area contributed by atoms with E-state index >= 15 is 0 Å². The Balaban J connectivity index is 2.36. The maximum absolute atomic E-state index is 13.0. The second-order valence-electron chi connectivity index (χ2n) is 3.95. The lowest BCUT2D eigenvalue weighted by atomic mass is 10.2. The minimum atomic E-state index is -0.255. The van der Waals surface area contributed by atoms with E-state index in [0.29, 0.717) is 19.5 Å². The zero-order valence-corrected chi connectivity index (χ0v) is 11.6. The smallest absolute Gasteiger partial charge is 0.223 e. The first-order valence-corrected chi connectivity index (χ1v) is 6.15. The van der Waals surface area contributed by atoms with Crippen molar-refractivity contribution in [1.82, 2.24) is 10.2 Å². The molecule has 0 radical (unpaired) electrons. The molecular weight excluding hydrogens is 287 g/mol.